The lowest BCUT2D eigenvalue weighted by molar-refractivity contribution is 0.279. The summed E-state index contributed by atoms with van der Waals surface area (Å²) in [6.45, 7) is 2.42. The van der Waals surface area contributed by atoms with E-state index in [9.17, 15) is 9.90 Å². The summed E-state index contributed by atoms with van der Waals surface area (Å²) in [4.78, 5) is 11.6. The zero-order chi connectivity index (χ0) is 12.3. The van der Waals surface area contributed by atoms with Gasteiger partial charge in [0.1, 0.15) is 5.58 Å². The van der Waals surface area contributed by atoms with E-state index in [0.717, 1.165) is 12.8 Å². The molecule has 0 saturated carbocycles. The van der Waals surface area contributed by atoms with Crippen molar-refractivity contribution < 1.29 is 14.3 Å². The SMILES string of the molecule is CCCCOc1c(O)c2ccccc2oc1=O. The maximum Gasteiger partial charge on any atom is 0.383 e. The smallest absolute Gasteiger partial charge is 0.383 e. The van der Waals surface area contributed by atoms with Crippen molar-refractivity contribution in [2.75, 3.05) is 6.61 Å². The number of ether oxygens (including phenoxy) is 1. The quantitative estimate of drug-likeness (QED) is 0.652. The molecule has 2 rings (SSSR count). The topological polar surface area (TPSA) is 59.7 Å². The van der Waals surface area contributed by atoms with Gasteiger partial charge in [-0.2, -0.15) is 0 Å². The van der Waals surface area contributed by atoms with Crippen LogP contribution >= 0.6 is 0 Å². The highest BCUT2D eigenvalue weighted by molar-refractivity contribution is 5.84. The number of para-hydroxylation sites is 1. The Kier molecular flexibility index (Phi) is 3.32. The van der Waals surface area contributed by atoms with Gasteiger partial charge in [0.05, 0.1) is 12.0 Å². The summed E-state index contributed by atoms with van der Waals surface area (Å²) in [5, 5.41) is 10.4. The lowest BCUT2D eigenvalue weighted by atomic mass is 10.2. The molecule has 2 aromatic rings. The molecule has 4 heteroatoms. The van der Waals surface area contributed by atoms with Gasteiger partial charge in [0.2, 0.25) is 5.75 Å². The molecule has 17 heavy (non-hydrogen) atoms. The van der Waals surface area contributed by atoms with Crippen molar-refractivity contribution in [3.05, 3.63) is 34.7 Å². The first-order chi connectivity index (χ1) is 8.24. The van der Waals surface area contributed by atoms with E-state index in [1.165, 1.54) is 0 Å². The number of hydrogen-bond acceptors (Lipinski definition) is 4. The minimum absolute atomic E-state index is 0.0999. The van der Waals surface area contributed by atoms with E-state index >= 15 is 0 Å². The maximum absolute atomic E-state index is 11.6. The average Bonchev–Trinajstić information content (AvgIpc) is 2.33. The van der Waals surface area contributed by atoms with Gasteiger partial charge in [-0.3, -0.25) is 0 Å². The normalized spacial score (nSPS) is 10.6. The van der Waals surface area contributed by atoms with Gasteiger partial charge in [-0.25, -0.2) is 4.79 Å². The van der Waals surface area contributed by atoms with Crippen LogP contribution in [-0.2, 0) is 0 Å². The highest BCUT2D eigenvalue weighted by Gasteiger charge is 2.14. The first kappa shape index (κ1) is 11.5. The molecular formula is C13H14O4. The van der Waals surface area contributed by atoms with E-state index in [1.807, 2.05) is 6.92 Å². The number of benzene rings is 1. The molecule has 0 radical (unpaired) electrons. The molecular weight excluding hydrogens is 220 g/mol. The summed E-state index contributed by atoms with van der Waals surface area (Å²) in [5.74, 6) is -0.245. The lowest BCUT2D eigenvalue weighted by Gasteiger charge is -2.07. The highest BCUT2D eigenvalue weighted by Crippen LogP contribution is 2.30. The third-order valence-electron chi connectivity index (χ3n) is 2.49. The van der Waals surface area contributed by atoms with Crippen LogP contribution in [0.2, 0.25) is 0 Å². The molecule has 0 aliphatic heterocycles. The summed E-state index contributed by atoms with van der Waals surface area (Å²) in [6, 6.07) is 6.81. The summed E-state index contributed by atoms with van der Waals surface area (Å²) in [7, 11) is 0. The maximum atomic E-state index is 11.6. The molecule has 0 saturated heterocycles. The molecule has 0 aliphatic carbocycles. The third kappa shape index (κ3) is 2.25. The van der Waals surface area contributed by atoms with E-state index in [1.54, 1.807) is 24.3 Å². The van der Waals surface area contributed by atoms with Gasteiger partial charge in [-0.15, -0.1) is 0 Å². The Bertz CT molecular complexity index is 571. The number of aromatic hydroxyl groups is 1. The molecule has 1 aromatic heterocycles. The molecule has 0 amide bonds. The minimum Gasteiger partial charge on any atom is -0.504 e. The fourth-order valence-corrected chi connectivity index (χ4v) is 1.56. The van der Waals surface area contributed by atoms with Crippen LogP contribution in [0.3, 0.4) is 0 Å². The van der Waals surface area contributed by atoms with E-state index in [-0.39, 0.29) is 11.5 Å². The molecule has 1 N–H and O–H groups in total. The molecule has 0 unspecified atom stereocenters. The monoisotopic (exact) mass is 234 g/mol. The summed E-state index contributed by atoms with van der Waals surface area (Å²) in [6.07, 6.45) is 1.78. The predicted octanol–water partition coefficient (Wildman–Crippen LogP) is 2.68. The number of fused-ring (bicyclic) bond motifs is 1. The van der Waals surface area contributed by atoms with Gasteiger partial charge in [0, 0.05) is 0 Å². The van der Waals surface area contributed by atoms with Crippen LogP contribution < -0.4 is 10.4 Å². The number of rotatable bonds is 4. The zero-order valence-electron chi connectivity index (χ0n) is 9.60. The summed E-state index contributed by atoms with van der Waals surface area (Å²) < 4.78 is 10.3. The van der Waals surface area contributed by atoms with Crippen LogP contribution in [0, 0.1) is 0 Å². The van der Waals surface area contributed by atoms with Crippen LogP contribution in [0.15, 0.2) is 33.5 Å². The van der Waals surface area contributed by atoms with Crippen LogP contribution in [-0.4, -0.2) is 11.7 Å². The second-order valence-corrected chi connectivity index (χ2v) is 3.77. The molecule has 1 aromatic carbocycles. The zero-order valence-corrected chi connectivity index (χ0v) is 9.60. The first-order valence-corrected chi connectivity index (χ1v) is 5.61. The standard InChI is InChI=1S/C13H14O4/c1-2-3-8-16-12-11(14)9-6-4-5-7-10(9)17-13(12)15/h4-7,14H,2-3,8H2,1H3. The van der Waals surface area contributed by atoms with E-state index < -0.39 is 5.63 Å². The van der Waals surface area contributed by atoms with Crippen LogP contribution in [0.1, 0.15) is 19.8 Å². The first-order valence-electron chi connectivity index (χ1n) is 5.61. The molecule has 90 valence electrons. The lowest BCUT2D eigenvalue weighted by Crippen LogP contribution is -2.08. The Morgan fingerprint density at radius 3 is 2.88 bits per heavy atom. The van der Waals surface area contributed by atoms with Gasteiger partial charge < -0.3 is 14.3 Å². The van der Waals surface area contributed by atoms with Crippen molar-refractivity contribution in [3.63, 3.8) is 0 Å². The van der Waals surface area contributed by atoms with Crippen molar-refractivity contribution in [2.24, 2.45) is 0 Å². The van der Waals surface area contributed by atoms with E-state index in [0.29, 0.717) is 17.6 Å². The molecule has 0 fully saturated rings. The highest BCUT2D eigenvalue weighted by atomic mass is 16.5. The minimum atomic E-state index is -0.641. The van der Waals surface area contributed by atoms with Crippen molar-refractivity contribution in [1.29, 1.82) is 0 Å². The molecule has 0 bridgehead atoms. The van der Waals surface area contributed by atoms with E-state index in [2.05, 4.69) is 0 Å². The van der Waals surface area contributed by atoms with Crippen molar-refractivity contribution in [2.45, 2.75) is 19.8 Å². The predicted molar refractivity (Wildman–Crippen MR) is 64.6 cm³/mol. The Balaban J connectivity index is 2.45. The van der Waals surface area contributed by atoms with Crippen LogP contribution in [0.4, 0.5) is 0 Å². The third-order valence-corrected chi connectivity index (χ3v) is 2.49. The van der Waals surface area contributed by atoms with Crippen molar-refractivity contribution in [3.8, 4) is 11.5 Å². The largest absolute Gasteiger partial charge is 0.504 e. The van der Waals surface area contributed by atoms with Crippen LogP contribution in [0.25, 0.3) is 11.0 Å². The van der Waals surface area contributed by atoms with Crippen molar-refractivity contribution >= 4 is 11.0 Å². The summed E-state index contributed by atoms with van der Waals surface area (Å²) in [5.41, 5.74) is -0.282. The Morgan fingerprint density at radius 1 is 1.35 bits per heavy atom. The molecule has 1 heterocycles. The van der Waals surface area contributed by atoms with Gasteiger partial charge in [0.25, 0.3) is 0 Å². The van der Waals surface area contributed by atoms with Crippen molar-refractivity contribution in [1.82, 2.24) is 0 Å². The van der Waals surface area contributed by atoms with Gasteiger partial charge >= 0.3 is 5.63 Å². The van der Waals surface area contributed by atoms with Gasteiger partial charge in [0.15, 0.2) is 5.75 Å². The summed E-state index contributed by atoms with van der Waals surface area (Å²) >= 11 is 0. The van der Waals surface area contributed by atoms with E-state index in [4.69, 9.17) is 9.15 Å². The second-order valence-electron chi connectivity index (χ2n) is 3.77. The fraction of sp³-hybridized carbons (Fsp3) is 0.308. The molecule has 0 aliphatic rings. The van der Waals surface area contributed by atoms with Gasteiger partial charge in [-0.05, 0) is 18.6 Å². The fourth-order valence-electron chi connectivity index (χ4n) is 1.56. The number of hydrogen-bond donors (Lipinski definition) is 1. The second kappa shape index (κ2) is 4.91. The Hall–Kier alpha value is -1.97. The number of unbranched alkanes of at least 4 members (excludes halogenated alkanes) is 1. The average molecular weight is 234 g/mol. The molecule has 0 atom stereocenters. The van der Waals surface area contributed by atoms with Gasteiger partial charge in [-0.1, -0.05) is 25.5 Å². The Labute approximate surface area is 98.4 Å². The van der Waals surface area contributed by atoms with Crippen LogP contribution in [0.5, 0.6) is 11.5 Å². The molecule has 0 spiro atoms. The molecule has 4 nitrogen and oxygen atoms in total. The Morgan fingerprint density at radius 2 is 2.12 bits per heavy atom.